The lowest BCUT2D eigenvalue weighted by Gasteiger charge is -2.09. The Hall–Kier alpha value is -4.57. The van der Waals surface area contributed by atoms with Crippen molar-refractivity contribution in [2.45, 2.75) is 0 Å². The van der Waals surface area contributed by atoms with Crippen LogP contribution in [0, 0.1) is 0 Å². The molecule has 1 aromatic heterocycles. The van der Waals surface area contributed by atoms with Crippen LogP contribution in [-0.2, 0) is 4.74 Å². The quantitative estimate of drug-likeness (QED) is 0.353. The fourth-order valence-corrected chi connectivity index (χ4v) is 3.60. The summed E-state index contributed by atoms with van der Waals surface area (Å²) in [5.41, 5.74) is 2.68. The summed E-state index contributed by atoms with van der Waals surface area (Å²) in [7, 11) is 3.18. The van der Waals surface area contributed by atoms with Crippen molar-refractivity contribution in [3.63, 3.8) is 0 Å². The van der Waals surface area contributed by atoms with E-state index in [0.717, 1.165) is 11.3 Å². The number of methoxy groups -OCH3 is 2. The van der Waals surface area contributed by atoms with Gasteiger partial charge in [-0.25, -0.2) is 4.68 Å². The molecule has 0 atom stereocenters. The van der Waals surface area contributed by atoms with Crippen LogP contribution in [0.25, 0.3) is 17.1 Å². The van der Waals surface area contributed by atoms with Crippen molar-refractivity contribution in [2.24, 2.45) is 0 Å². The minimum Gasteiger partial charge on any atom is -0.497 e. The van der Waals surface area contributed by atoms with Gasteiger partial charge in [0.05, 0.1) is 19.4 Å². The molecule has 4 aromatic rings. The summed E-state index contributed by atoms with van der Waals surface area (Å²) in [4.78, 5) is 17.2. The number of amides is 1. The molecule has 36 heavy (non-hydrogen) atoms. The monoisotopic (exact) mass is 488 g/mol. The van der Waals surface area contributed by atoms with Gasteiger partial charge in [-0.1, -0.05) is 0 Å². The molecule has 1 amide bonds. The molecule has 0 unspecified atom stereocenters. The van der Waals surface area contributed by atoms with Crippen molar-refractivity contribution in [1.29, 1.82) is 0 Å². The Kier molecular flexibility index (Phi) is 6.67. The molecule has 184 valence electrons. The number of hydrogen-bond acceptors (Lipinski definition) is 8. The number of nitrogens with zero attached hydrogens (tertiary/aromatic N) is 3. The van der Waals surface area contributed by atoms with Crippen LogP contribution in [0.2, 0.25) is 0 Å². The van der Waals surface area contributed by atoms with E-state index in [-0.39, 0.29) is 18.7 Å². The fourth-order valence-electron chi connectivity index (χ4n) is 3.60. The van der Waals surface area contributed by atoms with Crippen LogP contribution in [-0.4, -0.2) is 54.9 Å². The average molecular weight is 489 g/mol. The molecule has 0 saturated heterocycles. The number of aromatic nitrogens is 3. The molecule has 2 heterocycles. The summed E-state index contributed by atoms with van der Waals surface area (Å²) in [5.74, 6) is 2.35. The number of fused-ring (bicyclic) bond motifs is 1. The predicted octanol–water partition coefficient (Wildman–Crippen LogP) is 3.95. The Morgan fingerprint density at radius 2 is 1.75 bits per heavy atom. The van der Waals surface area contributed by atoms with Gasteiger partial charge in [-0.15, -0.1) is 5.10 Å². The van der Waals surface area contributed by atoms with E-state index < -0.39 is 0 Å². The number of hydrogen-bond donors (Lipinski definition) is 1. The Morgan fingerprint density at radius 1 is 0.972 bits per heavy atom. The van der Waals surface area contributed by atoms with E-state index in [0.29, 0.717) is 47.5 Å². The van der Waals surface area contributed by atoms with E-state index in [9.17, 15) is 4.79 Å². The minimum absolute atomic E-state index is 0.181. The highest BCUT2D eigenvalue weighted by molar-refractivity contribution is 6.04. The van der Waals surface area contributed by atoms with Crippen molar-refractivity contribution in [2.75, 3.05) is 39.5 Å². The lowest BCUT2D eigenvalue weighted by atomic mass is 10.2. The summed E-state index contributed by atoms with van der Waals surface area (Å²) in [5, 5.41) is 7.43. The zero-order chi connectivity index (χ0) is 24.9. The van der Waals surface area contributed by atoms with E-state index >= 15 is 0 Å². The van der Waals surface area contributed by atoms with E-state index in [1.807, 2.05) is 30.3 Å². The lowest BCUT2D eigenvalue weighted by molar-refractivity contribution is 0.102. The van der Waals surface area contributed by atoms with Gasteiger partial charge in [0.1, 0.15) is 12.4 Å². The standard InChI is InChI=1S/C26H24N4O6/c1-32-13-14-34-26-28-24(18-5-12-22-23(15-18)36-16-35-22)30(29-26)20-8-6-19(7-9-20)27-25(31)17-3-10-21(33-2)11-4-17/h3-12,15H,13-14,16H2,1-2H3,(H,27,31). The average Bonchev–Trinajstić information content (AvgIpc) is 3.56. The summed E-state index contributed by atoms with van der Waals surface area (Å²) in [6.07, 6.45) is 0. The Labute approximate surface area is 207 Å². The molecule has 10 heteroatoms. The molecular formula is C26H24N4O6. The second-order valence-electron chi connectivity index (χ2n) is 7.77. The SMILES string of the molecule is COCCOc1nc(-c2ccc3c(c2)OCO3)n(-c2ccc(NC(=O)c3ccc(OC)cc3)cc2)n1. The third kappa shape index (κ3) is 4.93. The second-order valence-corrected chi connectivity index (χ2v) is 7.77. The second kappa shape index (κ2) is 10.4. The molecule has 10 nitrogen and oxygen atoms in total. The highest BCUT2D eigenvalue weighted by Gasteiger charge is 2.19. The van der Waals surface area contributed by atoms with Crippen molar-refractivity contribution in [3.8, 4) is 40.3 Å². The van der Waals surface area contributed by atoms with E-state index in [1.165, 1.54) is 0 Å². The third-order valence-electron chi connectivity index (χ3n) is 5.46. The molecule has 0 bridgehead atoms. The highest BCUT2D eigenvalue weighted by atomic mass is 16.7. The summed E-state index contributed by atoms with van der Waals surface area (Å²) in [6, 6.07) is 20.0. The molecule has 0 fully saturated rings. The summed E-state index contributed by atoms with van der Waals surface area (Å²) >= 11 is 0. The highest BCUT2D eigenvalue weighted by Crippen LogP contribution is 2.36. The van der Waals surface area contributed by atoms with Crippen LogP contribution in [0.15, 0.2) is 66.7 Å². The van der Waals surface area contributed by atoms with Gasteiger partial charge in [-0.2, -0.15) is 4.98 Å². The molecule has 0 spiro atoms. The topological polar surface area (TPSA) is 106 Å². The van der Waals surface area contributed by atoms with E-state index in [4.69, 9.17) is 23.7 Å². The Bertz CT molecular complexity index is 1350. The first-order valence-corrected chi connectivity index (χ1v) is 11.2. The van der Waals surface area contributed by atoms with Gasteiger partial charge in [0.2, 0.25) is 6.79 Å². The Morgan fingerprint density at radius 3 is 2.50 bits per heavy atom. The number of anilines is 1. The van der Waals surface area contributed by atoms with Crippen LogP contribution in [0.1, 0.15) is 10.4 Å². The molecule has 5 rings (SSSR count). The normalized spacial score (nSPS) is 11.8. The fraction of sp³-hybridized carbons (Fsp3) is 0.192. The smallest absolute Gasteiger partial charge is 0.336 e. The Balaban J connectivity index is 1.39. The lowest BCUT2D eigenvalue weighted by Crippen LogP contribution is -2.11. The van der Waals surface area contributed by atoms with Gasteiger partial charge < -0.3 is 29.0 Å². The number of carbonyl (C=O) groups is 1. The van der Waals surface area contributed by atoms with E-state index in [1.54, 1.807) is 55.3 Å². The van der Waals surface area contributed by atoms with Crippen LogP contribution in [0.5, 0.6) is 23.3 Å². The van der Waals surface area contributed by atoms with Crippen molar-refractivity contribution >= 4 is 11.6 Å². The number of benzene rings is 3. The maximum atomic E-state index is 12.6. The third-order valence-corrected chi connectivity index (χ3v) is 5.46. The molecular weight excluding hydrogens is 464 g/mol. The maximum absolute atomic E-state index is 12.6. The van der Waals surface area contributed by atoms with Crippen LogP contribution >= 0.6 is 0 Å². The van der Waals surface area contributed by atoms with Crippen LogP contribution in [0.4, 0.5) is 5.69 Å². The molecule has 0 saturated carbocycles. The number of nitrogens with one attached hydrogen (secondary N) is 1. The first-order chi connectivity index (χ1) is 17.6. The van der Waals surface area contributed by atoms with Gasteiger partial charge in [0, 0.05) is 23.9 Å². The first kappa shape index (κ1) is 23.2. The summed E-state index contributed by atoms with van der Waals surface area (Å²) in [6.45, 7) is 0.911. The minimum atomic E-state index is -0.221. The van der Waals surface area contributed by atoms with Gasteiger partial charge in [-0.05, 0) is 66.7 Å². The molecule has 1 aliphatic rings. The zero-order valence-electron chi connectivity index (χ0n) is 19.8. The number of carbonyl (C=O) groups excluding carboxylic acids is 1. The zero-order valence-corrected chi connectivity index (χ0v) is 19.8. The summed E-state index contributed by atoms with van der Waals surface area (Å²) < 4.78 is 28.5. The molecule has 0 radical (unpaired) electrons. The van der Waals surface area contributed by atoms with Gasteiger partial charge in [0.25, 0.3) is 5.91 Å². The van der Waals surface area contributed by atoms with Gasteiger partial charge in [-0.3, -0.25) is 4.79 Å². The maximum Gasteiger partial charge on any atom is 0.336 e. The first-order valence-electron chi connectivity index (χ1n) is 11.2. The van der Waals surface area contributed by atoms with Crippen molar-refractivity contribution in [3.05, 3.63) is 72.3 Å². The van der Waals surface area contributed by atoms with Gasteiger partial charge in [0.15, 0.2) is 17.3 Å². The van der Waals surface area contributed by atoms with Gasteiger partial charge >= 0.3 is 6.01 Å². The van der Waals surface area contributed by atoms with Crippen LogP contribution < -0.4 is 24.3 Å². The molecule has 0 aliphatic carbocycles. The number of ether oxygens (including phenoxy) is 5. The van der Waals surface area contributed by atoms with Crippen molar-refractivity contribution in [1.82, 2.24) is 14.8 Å². The number of rotatable bonds is 9. The molecule has 1 N–H and O–H groups in total. The van der Waals surface area contributed by atoms with E-state index in [2.05, 4.69) is 15.4 Å². The predicted molar refractivity (Wildman–Crippen MR) is 131 cm³/mol. The molecule has 1 aliphatic heterocycles. The largest absolute Gasteiger partial charge is 0.497 e. The van der Waals surface area contributed by atoms with Crippen molar-refractivity contribution < 1.29 is 28.5 Å². The molecule has 3 aromatic carbocycles. The van der Waals surface area contributed by atoms with Crippen LogP contribution in [0.3, 0.4) is 0 Å².